The van der Waals surface area contributed by atoms with Crippen molar-refractivity contribution < 1.29 is 19.3 Å². The summed E-state index contributed by atoms with van der Waals surface area (Å²) in [5.41, 5.74) is 7.17. The average molecular weight is 622 g/mol. The molecule has 8 heteroatoms. The van der Waals surface area contributed by atoms with E-state index in [9.17, 15) is 5.11 Å². The number of rotatable bonds is 12. The Morgan fingerprint density at radius 3 is 2.38 bits per heavy atom. The zero-order valence-corrected chi connectivity index (χ0v) is 24.8. The minimum Gasteiger partial charge on any atom is -0.493 e. The van der Waals surface area contributed by atoms with Crippen LogP contribution in [0.4, 0.5) is 0 Å². The van der Waals surface area contributed by atoms with Crippen LogP contribution in [-0.2, 0) is 19.8 Å². The molecule has 0 fully saturated rings. The summed E-state index contributed by atoms with van der Waals surface area (Å²) < 4.78 is 18.1. The maximum absolute atomic E-state index is 9.85. The Balaban J connectivity index is 1.53. The van der Waals surface area contributed by atoms with E-state index in [0.717, 1.165) is 50.9 Å². The molecule has 1 N–H and O–H groups in total. The highest BCUT2D eigenvalue weighted by Crippen LogP contribution is 2.36. The van der Waals surface area contributed by atoms with Crippen LogP contribution < -0.4 is 14.2 Å². The second-order valence-electron chi connectivity index (χ2n) is 9.23. The number of nitriles is 1. The number of hydrogen-bond donors (Lipinski definition) is 1. The lowest BCUT2D eigenvalue weighted by Gasteiger charge is -2.18. The van der Waals surface area contributed by atoms with E-state index in [2.05, 4.69) is 53.0 Å². The largest absolute Gasteiger partial charge is 0.493 e. The number of hydrogen-bond acceptors (Lipinski definition) is 6. The predicted octanol–water partition coefficient (Wildman–Crippen LogP) is 7.70. The highest BCUT2D eigenvalue weighted by Gasteiger charge is 2.15. The van der Waals surface area contributed by atoms with Crippen molar-refractivity contribution in [3.05, 3.63) is 105 Å². The SMILES string of the molecule is Cc1c(COc2cc(OCc3cncc(C#N)c3)c(CO)cc2Cl)cccc1-c1cccc(OCCCBr)c1C. The second kappa shape index (κ2) is 14.2. The Morgan fingerprint density at radius 2 is 1.62 bits per heavy atom. The number of benzene rings is 3. The van der Waals surface area contributed by atoms with E-state index in [0.29, 0.717) is 40.9 Å². The van der Waals surface area contributed by atoms with Crippen LogP contribution in [0.5, 0.6) is 17.2 Å². The molecule has 3 aromatic carbocycles. The molecule has 0 aliphatic heterocycles. The molecular weight excluding hydrogens is 592 g/mol. The Hall–Kier alpha value is -3.57. The van der Waals surface area contributed by atoms with Gasteiger partial charge in [0.2, 0.25) is 0 Å². The second-order valence-corrected chi connectivity index (χ2v) is 10.4. The van der Waals surface area contributed by atoms with Gasteiger partial charge in [0.25, 0.3) is 0 Å². The van der Waals surface area contributed by atoms with Crippen molar-refractivity contribution in [2.75, 3.05) is 11.9 Å². The smallest absolute Gasteiger partial charge is 0.142 e. The quantitative estimate of drug-likeness (QED) is 0.129. The van der Waals surface area contributed by atoms with Crippen molar-refractivity contribution in [2.24, 2.45) is 0 Å². The van der Waals surface area contributed by atoms with Gasteiger partial charge in [-0.2, -0.15) is 5.26 Å². The average Bonchev–Trinajstić information content (AvgIpc) is 2.97. The molecule has 0 saturated heterocycles. The molecule has 0 bridgehead atoms. The number of halogens is 2. The topological polar surface area (TPSA) is 84.6 Å². The van der Waals surface area contributed by atoms with Gasteiger partial charge in [-0.3, -0.25) is 4.98 Å². The summed E-state index contributed by atoms with van der Waals surface area (Å²) in [7, 11) is 0. The maximum Gasteiger partial charge on any atom is 0.142 e. The van der Waals surface area contributed by atoms with Crippen LogP contribution in [0.25, 0.3) is 11.1 Å². The molecular formula is C32H30BrClN2O4. The van der Waals surface area contributed by atoms with Crippen LogP contribution in [-0.4, -0.2) is 22.0 Å². The number of aliphatic hydroxyl groups is 1. The monoisotopic (exact) mass is 620 g/mol. The Labute approximate surface area is 248 Å². The van der Waals surface area contributed by atoms with Gasteiger partial charge < -0.3 is 19.3 Å². The normalized spacial score (nSPS) is 10.7. The zero-order valence-electron chi connectivity index (χ0n) is 22.4. The molecule has 4 rings (SSSR count). The van der Waals surface area contributed by atoms with Gasteiger partial charge in [-0.15, -0.1) is 0 Å². The van der Waals surface area contributed by atoms with Crippen molar-refractivity contribution in [3.63, 3.8) is 0 Å². The van der Waals surface area contributed by atoms with E-state index in [4.69, 9.17) is 31.1 Å². The van der Waals surface area contributed by atoms with Crippen LogP contribution in [0.2, 0.25) is 5.02 Å². The molecule has 0 spiro atoms. The minimum absolute atomic E-state index is 0.177. The van der Waals surface area contributed by atoms with E-state index in [1.165, 1.54) is 6.20 Å². The molecule has 1 heterocycles. The molecule has 0 saturated carbocycles. The Morgan fingerprint density at radius 1 is 0.875 bits per heavy atom. The molecule has 0 aliphatic carbocycles. The van der Waals surface area contributed by atoms with Crippen molar-refractivity contribution in [1.29, 1.82) is 5.26 Å². The van der Waals surface area contributed by atoms with Crippen LogP contribution in [0.15, 0.2) is 67.0 Å². The van der Waals surface area contributed by atoms with Crippen molar-refractivity contribution >= 4 is 27.5 Å². The molecule has 0 aliphatic rings. The number of nitrogens with zero attached hydrogens (tertiary/aromatic N) is 2. The number of pyridine rings is 1. The molecule has 1 aromatic heterocycles. The Kier molecular flexibility index (Phi) is 10.4. The van der Waals surface area contributed by atoms with Gasteiger partial charge in [-0.1, -0.05) is 57.9 Å². The third-order valence-corrected chi connectivity index (χ3v) is 7.40. The fourth-order valence-electron chi connectivity index (χ4n) is 4.32. The summed E-state index contributed by atoms with van der Waals surface area (Å²) in [5, 5.41) is 20.2. The lowest BCUT2D eigenvalue weighted by atomic mass is 9.93. The minimum atomic E-state index is -0.245. The number of alkyl halides is 1. The highest BCUT2D eigenvalue weighted by molar-refractivity contribution is 9.09. The van der Waals surface area contributed by atoms with Gasteiger partial charge in [0.1, 0.15) is 36.5 Å². The zero-order chi connectivity index (χ0) is 28.5. The maximum atomic E-state index is 9.85. The van der Waals surface area contributed by atoms with Crippen molar-refractivity contribution in [3.8, 4) is 34.4 Å². The first-order chi connectivity index (χ1) is 19.4. The van der Waals surface area contributed by atoms with Crippen LogP contribution >= 0.6 is 27.5 Å². The molecule has 6 nitrogen and oxygen atoms in total. The van der Waals surface area contributed by atoms with E-state index >= 15 is 0 Å². The van der Waals surface area contributed by atoms with Gasteiger partial charge in [-0.05, 0) is 66.3 Å². The van der Waals surface area contributed by atoms with Crippen LogP contribution in [0, 0.1) is 25.2 Å². The molecule has 40 heavy (non-hydrogen) atoms. The number of ether oxygens (including phenoxy) is 3. The van der Waals surface area contributed by atoms with Crippen LogP contribution in [0.3, 0.4) is 0 Å². The predicted molar refractivity (Wildman–Crippen MR) is 160 cm³/mol. The molecule has 206 valence electrons. The lowest BCUT2D eigenvalue weighted by molar-refractivity contribution is 0.255. The molecule has 0 radical (unpaired) electrons. The Bertz CT molecular complexity index is 1520. The summed E-state index contributed by atoms with van der Waals surface area (Å²) in [6.07, 6.45) is 4.07. The molecule has 4 aromatic rings. The first-order valence-electron chi connectivity index (χ1n) is 12.8. The molecule has 0 unspecified atom stereocenters. The third-order valence-electron chi connectivity index (χ3n) is 6.54. The van der Waals surface area contributed by atoms with Crippen LogP contribution in [0.1, 0.15) is 39.8 Å². The van der Waals surface area contributed by atoms with E-state index in [1.807, 2.05) is 24.3 Å². The fourth-order valence-corrected chi connectivity index (χ4v) is 4.79. The van der Waals surface area contributed by atoms with E-state index < -0.39 is 0 Å². The summed E-state index contributed by atoms with van der Waals surface area (Å²) in [6, 6.07) is 19.4. The summed E-state index contributed by atoms with van der Waals surface area (Å²) in [5.74, 6) is 1.78. The number of aliphatic hydroxyl groups excluding tert-OH is 1. The number of aromatic nitrogens is 1. The van der Waals surface area contributed by atoms with Crippen molar-refractivity contribution in [1.82, 2.24) is 4.98 Å². The lowest BCUT2D eigenvalue weighted by Crippen LogP contribution is -2.03. The van der Waals surface area contributed by atoms with Gasteiger partial charge in [0.15, 0.2) is 0 Å². The first-order valence-corrected chi connectivity index (χ1v) is 14.3. The van der Waals surface area contributed by atoms with Gasteiger partial charge in [0, 0.05) is 34.9 Å². The van der Waals surface area contributed by atoms with E-state index in [1.54, 1.807) is 24.4 Å². The van der Waals surface area contributed by atoms with Gasteiger partial charge in [-0.25, -0.2) is 0 Å². The highest BCUT2D eigenvalue weighted by atomic mass is 79.9. The summed E-state index contributed by atoms with van der Waals surface area (Å²) in [4.78, 5) is 4.06. The molecule has 0 amide bonds. The fraction of sp³-hybridized carbons (Fsp3) is 0.250. The van der Waals surface area contributed by atoms with Gasteiger partial charge >= 0.3 is 0 Å². The third kappa shape index (κ3) is 7.14. The summed E-state index contributed by atoms with van der Waals surface area (Å²) >= 11 is 9.95. The molecule has 0 atom stereocenters. The van der Waals surface area contributed by atoms with Crippen molar-refractivity contribution in [2.45, 2.75) is 40.1 Å². The first kappa shape index (κ1) is 29.4. The summed E-state index contributed by atoms with van der Waals surface area (Å²) in [6.45, 7) is 5.05. The van der Waals surface area contributed by atoms with E-state index in [-0.39, 0.29) is 13.2 Å². The van der Waals surface area contributed by atoms with Gasteiger partial charge in [0.05, 0.1) is 23.8 Å². The standard InChI is InChI=1S/C32H30BrClN2O4/c1-21-25(6-3-7-27(21)28-8-4-9-30(22(28)2)38-11-5-10-33)20-40-32-14-31(26(18-37)13-29(32)34)39-19-24-12-23(15-35)16-36-17-24/h3-4,6-9,12-14,16-17,37H,5,10-11,18-20H2,1-2H3.